The van der Waals surface area contributed by atoms with E-state index in [1.54, 1.807) is 31.3 Å². The van der Waals surface area contributed by atoms with E-state index in [2.05, 4.69) is 4.72 Å². The Morgan fingerprint density at radius 1 is 1.23 bits per heavy atom. The summed E-state index contributed by atoms with van der Waals surface area (Å²) < 4.78 is 32.1. The molecule has 1 N–H and O–H groups in total. The number of nitrogens with zero attached hydrogens (tertiary/aromatic N) is 1. The van der Waals surface area contributed by atoms with E-state index in [-0.39, 0.29) is 17.2 Å². The van der Waals surface area contributed by atoms with Gasteiger partial charge < -0.3 is 9.64 Å². The van der Waals surface area contributed by atoms with E-state index >= 15 is 0 Å². The number of aryl methyl sites for hydroxylation is 1. The number of carbonyl (C=O) groups is 2. The van der Waals surface area contributed by atoms with Gasteiger partial charge >= 0.3 is 5.97 Å². The fourth-order valence-corrected chi connectivity index (χ4v) is 3.72. The van der Waals surface area contributed by atoms with Gasteiger partial charge in [-0.1, -0.05) is 12.1 Å². The lowest BCUT2D eigenvalue weighted by Gasteiger charge is -2.11. The minimum Gasteiger partial charge on any atom is -0.426 e. The molecule has 0 atom stereocenters. The summed E-state index contributed by atoms with van der Waals surface area (Å²) in [6.45, 7) is 1.36. The van der Waals surface area contributed by atoms with Crippen molar-refractivity contribution in [3.63, 3.8) is 0 Å². The average Bonchev–Trinajstić information content (AvgIpc) is 2.87. The number of hydrogen-bond acceptors (Lipinski definition) is 5. The molecule has 2 aromatic carbocycles. The highest BCUT2D eigenvalue weighted by Crippen LogP contribution is 2.29. The molecule has 3 rings (SSSR count). The van der Waals surface area contributed by atoms with Crippen molar-refractivity contribution < 1.29 is 22.7 Å². The molecular weight excluding hydrogens is 356 g/mol. The van der Waals surface area contributed by atoms with Gasteiger partial charge in [-0.15, -0.1) is 0 Å². The van der Waals surface area contributed by atoms with Crippen LogP contribution in [0.1, 0.15) is 11.1 Å². The standard InChI is InChI=1S/C18H18N2O5S/c1-12-4-3-5-14(8-12)25-18(22)11-19-26(23,24)15-6-7-16-13(9-15)10-17(21)20(16)2/h3-9,19H,10-11H2,1-2H3. The molecule has 0 saturated carbocycles. The summed E-state index contributed by atoms with van der Waals surface area (Å²) in [7, 11) is -2.25. The summed E-state index contributed by atoms with van der Waals surface area (Å²) in [4.78, 5) is 25.1. The number of rotatable bonds is 5. The fourth-order valence-electron chi connectivity index (χ4n) is 2.70. The Balaban J connectivity index is 1.67. The van der Waals surface area contributed by atoms with E-state index in [1.165, 1.54) is 17.0 Å². The molecule has 26 heavy (non-hydrogen) atoms. The fraction of sp³-hybridized carbons (Fsp3) is 0.222. The molecular formula is C18H18N2O5S. The smallest absolute Gasteiger partial charge is 0.326 e. The van der Waals surface area contributed by atoms with Crippen LogP contribution in [0.3, 0.4) is 0 Å². The zero-order valence-electron chi connectivity index (χ0n) is 14.4. The Bertz CT molecular complexity index is 985. The summed E-state index contributed by atoms with van der Waals surface area (Å²) in [5.74, 6) is -0.451. The molecule has 1 amide bonds. The lowest BCUT2D eigenvalue weighted by Crippen LogP contribution is -2.32. The minimum absolute atomic E-state index is 0.00251. The largest absolute Gasteiger partial charge is 0.426 e. The van der Waals surface area contributed by atoms with Gasteiger partial charge in [0, 0.05) is 12.7 Å². The molecule has 8 heteroatoms. The normalized spacial score (nSPS) is 13.6. The van der Waals surface area contributed by atoms with E-state index in [1.807, 2.05) is 13.0 Å². The van der Waals surface area contributed by atoms with Crippen LogP contribution >= 0.6 is 0 Å². The van der Waals surface area contributed by atoms with Crippen LogP contribution in [0, 0.1) is 6.92 Å². The van der Waals surface area contributed by atoms with Crippen molar-refractivity contribution in [1.29, 1.82) is 0 Å². The highest BCUT2D eigenvalue weighted by molar-refractivity contribution is 7.89. The Kier molecular flexibility index (Phi) is 4.80. The van der Waals surface area contributed by atoms with Crippen molar-refractivity contribution in [2.45, 2.75) is 18.2 Å². The van der Waals surface area contributed by atoms with Crippen molar-refractivity contribution in [3.05, 3.63) is 53.6 Å². The Hall–Kier alpha value is -2.71. The predicted molar refractivity (Wildman–Crippen MR) is 95.6 cm³/mol. The summed E-state index contributed by atoms with van der Waals surface area (Å²) in [5.41, 5.74) is 2.25. The van der Waals surface area contributed by atoms with Gasteiger partial charge in [-0.2, -0.15) is 4.72 Å². The zero-order valence-corrected chi connectivity index (χ0v) is 15.2. The van der Waals surface area contributed by atoms with Crippen LogP contribution in [-0.4, -0.2) is 33.9 Å². The minimum atomic E-state index is -3.89. The number of hydrogen-bond donors (Lipinski definition) is 1. The maximum absolute atomic E-state index is 12.4. The zero-order chi connectivity index (χ0) is 18.9. The van der Waals surface area contributed by atoms with Gasteiger partial charge in [-0.05, 0) is 48.4 Å². The molecule has 0 spiro atoms. The van der Waals surface area contributed by atoms with E-state index in [4.69, 9.17) is 4.74 Å². The predicted octanol–water partition coefficient (Wildman–Crippen LogP) is 1.40. The topological polar surface area (TPSA) is 92.8 Å². The van der Waals surface area contributed by atoms with Crippen molar-refractivity contribution in [2.75, 3.05) is 18.5 Å². The molecule has 136 valence electrons. The van der Waals surface area contributed by atoms with Crippen LogP contribution < -0.4 is 14.4 Å². The van der Waals surface area contributed by atoms with E-state index in [0.29, 0.717) is 17.0 Å². The highest BCUT2D eigenvalue weighted by atomic mass is 32.2. The van der Waals surface area contributed by atoms with Gasteiger partial charge in [0.15, 0.2) is 0 Å². The second-order valence-electron chi connectivity index (χ2n) is 6.04. The molecule has 0 aromatic heterocycles. The third kappa shape index (κ3) is 3.76. The van der Waals surface area contributed by atoms with Crippen LogP contribution in [0.2, 0.25) is 0 Å². The van der Waals surface area contributed by atoms with Crippen LogP contribution in [-0.2, 0) is 26.0 Å². The highest BCUT2D eigenvalue weighted by Gasteiger charge is 2.26. The van der Waals surface area contributed by atoms with E-state index in [9.17, 15) is 18.0 Å². The summed E-state index contributed by atoms with van der Waals surface area (Å²) in [5, 5.41) is 0. The second kappa shape index (κ2) is 6.89. The first kappa shape index (κ1) is 18.1. The molecule has 2 aromatic rings. The van der Waals surface area contributed by atoms with E-state index in [0.717, 1.165) is 5.56 Å². The van der Waals surface area contributed by atoms with Gasteiger partial charge in [0.1, 0.15) is 12.3 Å². The molecule has 1 heterocycles. The first-order chi connectivity index (χ1) is 12.3. The quantitative estimate of drug-likeness (QED) is 0.631. The molecule has 0 aliphatic carbocycles. The number of nitrogens with one attached hydrogen (secondary N) is 1. The number of carbonyl (C=O) groups excluding carboxylic acids is 2. The molecule has 0 radical (unpaired) electrons. The maximum atomic E-state index is 12.4. The SMILES string of the molecule is Cc1cccc(OC(=O)CNS(=O)(=O)c2ccc3c(c2)CC(=O)N3C)c1. The molecule has 0 bridgehead atoms. The van der Waals surface area contributed by atoms with Crippen molar-refractivity contribution in [1.82, 2.24) is 4.72 Å². The third-order valence-electron chi connectivity index (χ3n) is 4.07. The number of fused-ring (bicyclic) bond motifs is 1. The van der Waals surface area contributed by atoms with Crippen molar-refractivity contribution in [3.8, 4) is 5.75 Å². The monoisotopic (exact) mass is 374 g/mol. The molecule has 1 aliphatic heterocycles. The van der Waals surface area contributed by atoms with Crippen LogP contribution in [0.5, 0.6) is 5.75 Å². The lowest BCUT2D eigenvalue weighted by molar-refractivity contribution is -0.133. The number of ether oxygens (including phenoxy) is 1. The first-order valence-electron chi connectivity index (χ1n) is 7.93. The van der Waals surface area contributed by atoms with Gasteiger partial charge in [0.2, 0.25) is 15.9 Å². The summed E-state index contributed by atoms with van der Waals surface area (Å²) in [6.07, 6.45) is 0.157. The first-order valence-corrected chi connectivity index (χ1v) is 9.41. The molecule has 1 aliphatic rings. The number of anilines is 1. The molecule has 7 nitrogen and oxygen atoms in total. The Labute approximate surface area is 151 Å². The number of amides is 1. The average molecular weight is 374 g/mol. The molecule has 0 unspecified atom stereocenters. The van der Waals surface area contributed by atoms with Gasteiger partial charge in [-0.25, -0.2) is 8.42 Å². The van der Waals surface area contributed by atoms with Crippen molar-refractivity contribution in [2.24, 2.45) is 0 Å². The molecule has 0 saturated heterocycles. The van der Waals surface area contributed by atoms with Gasteiger partial charge in [-0.3, -0.25) is 9.59 Å². The maximum Gasteiger partial charge on any atom is 0.326 e. The third-order valence-corrected chi connectivity index (χ3v) is 5.47. The van der Waals surface area contributed by atoms with Gasteiger partial charge in [0.25, 0.3) is 0 Å². The second-order valence-corrected chi connectivity index (χ2v) is 7.80. The number of esters is 1. The Morgan fingerprint density at radius 3 is 2.73 bits per heavy atom. The molecule has 0 fully saturated rings. The van der Waals surface area contributed by atoms with E-state index < -0.39 is 22.5 Å². The lowest BCUT2D eigenvalue weighted by atomic mass is 10.2. The van der Waals surface area contributed by atoms with Crippen LogP contribution in [0.4, 0.5) is 5.69 Å². The summed E-state index contributed by atoms with van der Waals surface area (Å²) >= 11 is 0. The number of sulfonamides is 1. The van der Waals surface area contributed by atoms with Crippen LogP contribution in [0.15, 0.2) is 47.4 Å². The van der Waals surface area contributed by atoms with Crippen LogP contribution in [0.25, 0.3) is 0 Å². The number of benzene rings is 2. The Morgan fingerprint density at radius 2 is 2.00 bits per heavy atom. The van der Waals surface area contributed by atoms with Gasteiger partial charge in [0.05, 0.1) is 11.3 Å². The van der Waals surface area contributed by atoms with Crippen molar-refractivity contribution >= 4 is 27.6 Å². The summed E-state index contributed by atoms with van der Waals surface area (Å²) in [6, 6.07) is 11.3. The number of likely N-dealkylation sites (N-methyl/N-ethyl adjacent to an activating group) is 1.